The number of hydrogen-bond acceptors (Lipinski definition) is 5. The lowest BCUT2D eigenvalue weighted by molar-refractivity contribution is -0.152. The Bertz CT molecular complexity index is 439. The summed E-state index contributed by atoms with van der Waals surface area (Å²) in [6.07, 6.45) is 0.255. The van der Waals surface area contributed by atoms with E-state index in [2.05, 4.69) is 0 Å². The van der Waals surface area contributed by atoms with Gasteiger partial charge in [0.1, 0.15) is 11.6 Å². The summed E-state index contributed by atoms with van der Waals surface area (Å²) in [5.74, 6) is -0.584. The Labute approximate surface area is 118 Å². The lowest BCUT2D eigenvalue weighted by atomic mass is 9.98. The topological polar surface area (TPSA) is 72.9 Å². The van der Waals surface area contributed by atoms with Crippen molar-refractivity contribution in [3.8, 4) is 0 Å². The predicted molar refractivity (Wildman–Crippen MR) is 70.0 cm³/mol. The highest BCUT2D eigenvalue weighted by molar-refractivity contribution is 5.95. The molecule has 3 atom stereocenters. The maximum Gasteiger partial charge on any atom is 0.411 e. The average molecular weight is 283 g/mol. The summed E-state index contributed by atoms with van der Waals surface area (Å²) < 4.78 is 10.3. The standard InChI is InChI=1S/C14H21NO5/c1-5-19-12(17)11-8-6-9(10(16)7-8)15(11)13(18)20-14(2,3)4/h8-9,11H,5-7H2,1-4H3/t8-,9+,11+/m1/s1. The van der Waals surface area contributed by atoms with E-state index in [4.69, 9.17) is 9.47 Å². The average Bonchev–Trinajstić information content (AvgIpc) is 2.82. The van der Waals surface area contributed by atoms with E-state index >= 15 is 0 Å². The van der Waals surface area contributed by atoms with Crippen molar-refractivity contribution in [3.63, 3.8) is 0 Å². The van der Waals surface area contributed by atoms with E-state index in [-0.39, 0.29) is 18.3 Å². The molecule has 20 heavy (non-hydrogen) atoms. The van der Waals surface area contributed by atoms with Crippen LogP contribution in [0.2, 0.25) is 0 Å². The SMILES string of the molecule is CCOC(=O)[C@@H]1[C@H]2CC(=O)[C@H](C2)N1C(=O)OC(C)(C)C. The maximum atomic E-state index is 12.3. The van der Waals surface area contributed by atoms with Gasteiger partial charge in [-0.2, -0.15) is 0 Å². The van der Waals surface area contributed by atoms with Gasteiger partial charge >= 0.3 is 12.1 Å². The first-order chi connectivity index (χ1) is 9.24. The fraction of sp³-hybridized carbons (Fsp3) is 0.786. The summed E-state index contributed by atoms with van der Waals surface area (Å²) in [6.45, 7) is 7.22. The summed E-state index contributed by atoms with van der Waals surface area (Å²) in [4.78, 5) is 37.4. The molecule has 0 unspecified atom stereocenters. The van der Waals surface area contributed by atoms with Gasteiger partial charge in [0.25, 0.3) is 0 Å². The van der Waals surface area contributed by atoms with Crippen LogP contribution in [0, 0.1) is 5.92 Å². The van der Waals surface area contributed by atoms with Crippen LogP contribution in [0.1, 0.15) is 40.5 Å². The summed E-state index contributed by atoms with van der Waals surface area (Å²) in [5, 5.41) is 0. The minimum atomic E-state index is -0.688. The van der Waals surface area contributed by atoms with Crippen molar-refractivity contribution in [2.45, 2.75) is 58.2 Å². The number of esters is 1. The van der Waals surface area contributed by atoms with Gasteiger partial charge in [-0.25, -0.2) is 9.59 Å². The van der Waals surface area contributed by atoms with Gasteiger partial charge in [-0.15, -0.1) is 0 Å². The Kier molecular flexibility index (Phi) is 3.75. The second-order valence-corrected chi connectivity index (χ2v) is 6.27. The first kappa shape index (κ1) is 14.8. The molecule has 2 aliphatic rings. The van der Waals surface area contributed by atoms with Gasteiger partial charge in [0.2, 0.25) is 0 Å². The van der Waals surface area contributed by atoms with Crippen molar-refractivity contribution in [2.24, 2.45) is 5.92 Å². The Morgan fingerprint density at radius 1 is 1.35 bits per heavy atom. The molecular weight excluding hydrogens is 262 g/mol. The normalized spacial score (nSPS) is 28.7. The van der Waals surface area contributed by atoms with E-state index in [1.165, 1.54) is 4.90 Å². The Hall–Kier alpha value is -1.59. The summed E-state index contributed by atoms with van der Waals surface area (Å²) >= 11 is 0. The Balaban J connectivity index is 2.20. The Morgan fingerprint density at radius 2 is 2.00 bits per heavy atom. The van der Waals surface area contributed by atoms with E-state index in [1.54, 1.807) is 27.7 Å². The number of ketones is 1. The molecule has 1 heterocycles. The molecule has 0 N–H and O–H groups in total. The molecule has 1 aliphatic carbocycles. The van der Waals surface area contributed by atoms with E-state index < -0.39 is 29.7 Å². The fourth-order valence-corrected chi connectivity index (χ4v) is 2.92. The third-order valence-electron chi connectivity index (χ3n) is 3.58. The van der Waals surface area contributed by atoms with Crippen LogP contribution in [0.15, 0.2) is 0 Å². The number of rotatable bonds is 2. The number of amides is 1. The number of carbonyl (C=O) groups is 3. The van der Waals surface area contributed by atoms with Crippen LogP contribution in [-0.4, -0.2) is 47.0 Å². The van der Waals surface area contributed by atoms with Gasteiger partial charge in [-0.1, -0.05) is 0 Å². The highest BCUT2D eigenvalue weighted by atomic mass is 16.6. The van der Waals surface area contributed by atoms with E-state index in [0.717, 1.165) is 0 Å². The van der Waals surface area contributed by atoms with E-state index in [9.17, 15) is 14.4 Å². The summed E-state index contributed by atoms with van der Waals surface area (Å²) in [5.41, 5.74) is -0.666. The number of likely N-dealkylation sites (tertiary alicyclic amines) is 1. The minimum absolute atomic E-state index is 0.00130. The predicted octanol–water partition coefficient (Wildman–Crippen LogP) is 1.52. The molecule has 112 valence electrons. The van der Waals surface area contributed by atoms with Crippen LogP contribution in [0.4, 0.5) is 4.79 Å². The molecule has 2 rings (SSSR count). The van der Waals surface area contributed by atoms with Crippen molar-refractivity contribution < 1.29 is 23.9 Å². The van der Waals surface area contributed by atoms with E-state index in [1.807, 2.05) is 0 Å². The minimum Gasteiger partial charge on any atom is -0.464 e. The number of hydrogen-bond donors (Lipinski definition) is 0. The molecule has 0 aromatic heterocycles. The molecule has 1 saturated carbocycles. The van der Waals surface area contributed by atoms with Crippen molar-refractivity contribution in [3.05, 3.63) is 0 Å². The fourth-order valence-electron chi connectivity index (χ4n) is 2.92. The second kappa shape index (κ2) is 5.07. The summed E-state index contributed by atoms with van der Waals surface area (Å²) in [7, 11) is 0. The molecule has 1 amide bonds. The molecule has 2 bridgehead atoms. The molecule has 0 spiro atoms. The van der Waals surface area contributed by atoms with Gasteiger partial charge in [0.05, 0.1) is 12.6 Å². The van der Waals surface area contributed by atoms with E-state index in [0.29, 0.717) is 12.8 Å². The highest BCUT2D eigenvalue weighted by Crippen LogP contribution is 2.41. The molecule has 0 radical (unpaired) electrons. The molecule has 6 heteroatoms. The van der Waals surface area contributed by atoms with Crippen molar-refractivity contribution in [1.82, 2.24) is 4.90 Å². The highest BCUT2D eigenvalue weighted by Gasteiger charge is 2.57. The largest absolute Gasteiger partial charge is 0.464 e. The zero-order chi connectivity index (χ0) is 15.1. The zero-order valence-electron chi connectivity index (χ0n) is 12.3. The van der Waals surface area contributed by atoms with Crippen LogP contribution in [0.25, 0.3) is 0 Å². The van der Waals surface area contributed by atoms with Crippen LogP contribution < -0.4 is 0 Å². The number of nitrogens with zero attached hydrogens (tertiary/aromatic N) is 1. The molecule has 6 nitrogen and oxygen atoms in total. The number of piperidine rings is 1. The maximum absolute atomic E-state index is 12.3. The number of carbonyl (C=O) groups excluding carboxylic acids is 3. The van der Waals surface area contributed by atoms with Gasteiger partial charge < -0.3 is 9.47 Å². The van der Waals surface area contributed by atoms with Crippen molar-refractivity contribution in [1.29, 1.82) is 0 Å². The first-order valence-corrected chi connectivity index (χ1v) is 6.95. The second-order valence-electron chi connectivity index (χ2n) is 6.27. The molecule has 0 aromatic carbocycles. The smallest absolute Gasteiger partial charge is 0.411 e. The lowest BCUT2D eigenvalue weighted by Crippen LogP contribution is -2.54. The van der Waals surface area contributed by atoms with Gasteiger partial charge in [0.15, 0.2) is 5.78 Å². The molecule has 1 saturated heterocycles. The van der Waals surface area contributed by atoms with Crippen LogP contribution >= 0.6 is 0 Å². The van der Waals surface area contributed by atoms with Crippen LogP contribution in [0.5, 0.6) is 0 Å². The van der Waals surface area contributed by atoms with Crippen LogP contribution in [-0.2, 0) is 19.1 Å². The molecule has 1 aliphatic heterocycles. The summed E-state index contributed by atoms with van der Waals surface area (Å²) in [6, 6.07) is -1.23. The zero-order valence-corrected chi connectivity index (χ0v) is 12.3. The Morgan fingerprint density at radius 3 is 2.55 bits per heavy atom. The van der Waals surface area contributed by atoms with Crippen molar-refractivity contribution >= 4 is 17.8 Å². The molecule has 0 aromatic rings. The number of fused-ring (bicyclic) bond motifs is 2. The molecular formula is C14H21NO5. The van der Waals surface area contributed by atoms with Gasteiger partial charge in [0, 0.05) is 6.42 Å². The quantitative estimate of drug-likeness (QED) is 0.718. The monoisotopic (exact) mass is 283 g/mol. The van der Waals surface area contributed by atoms with Crippen molar-refractivity contribution in [2.75, 3.05) is 6.61 Å². The third-order valence-corrected chi connectivity index (χ3v) is 3.58. The number of ether oxygens (including phenoxy) is 2. The van der Waals surface area contributed by atoms with Gasteiger partial charge in [-0.3, -0.25) is 9.69 Å². The lowest BCUT2D eigenvalue weighted by Gasteiger charge is -2.34. The number of Topliss-reactive ketones (excluding diaryl/α,β-unsaturated/α-hetero) is 1. The van der Waals surface area contributed by atoms with Gasteiger partial charge in [-0.05, 0) is 40.0 Å². The first-order valence-electron chi connectivity index (χ1n) is 6.95. The molecule has 2 fully saturated rings. The van der Waals surface area contributed by atoms with Crippen LogP contribution in [0.3, 0.4) is 0 Å². The third kappa shape index (κ3) is 2.64.